The van der Waals surface area contributed by atoms with Gasteiger partial charge in [-0.3, -0.25) is 57.7 Å². The Balaban J connectivity index is 1.49. The van der Waals surface area contributed by atoms with E-state index >= 15 is 0 Å². The van der Waals surface area contributed by atoms with Crippen LogP contribution in [-0.2, 0) is 70.4 Å². The number of guanidine groups is 1. The SMILES string of the molecule is CC[C@H](C)[C@H](NC(=O)[C@@H](NC(=O)[C@@H]1CCCN1C(=O)[C@H](Cc1ccccc1)NC(=O)[C@H](CC(=O)O)NC(=O)[C@@H]1CCCN1C(=O)CNC(=O)[C@H](Cc1ccccc1)NC(=O)[C@H](CCC(N)=O)NC(=O)[C@@H](N)CCCN=C(N)N)[C@@H](C)O)C(=O)O. The van der Waals surface area contributed by atoms with Crippen LogP contribution in [0.1, 0.15) is 96.1 Å². The molecule has 2 saturated heterocycles. The van der Waals surface area contributed by atoms with Crippen LogP contribution in [0.25, 0.3) is 0 Å². The highest BCUT2D eigenvalue weighted by Crippen LogP contribution is 2.22. The first-order valence-corrected chi connectivity index (χ1v) is 27.8. The third kappa shape index (κ3) is 21.2. The molecule has 29 heteroatoms. The number of primary amides is 1. The molecule has 4 rings (SSSR count). The molecule has 18 N–H and O–H groups in total. The zero-order valence-electron chi connectivity index (χ0n) is 47.3. The van der Waals surface area contributed by atoms with E-state index < -0.39 is 150 Å². The summed E-state index contributed by atoms with van der Waals surface area (Å²) in [7, 11) is 0. The molecule has 11 atom stereocenters. The quantitative estimate of drug-likeness (QED) is 0.0185. The largest absolute Gasteiger partial charge is 0.481 e. The van der Waals surface area contributed by atoms with E-state index in [4.69, 9.17) is 22.9 Å². The van der Waals surface area contributed by atoms with Gasteiger partial charge in [-0.1, -0.05) is 80.9 Å². The average molecular weight is 1180 g/mol. The first-order valence-electron chi connectivity index (χ1n) is 27.8. The second-order valence-corrected chi connectivity index (χ2v) is 20.9. The van der Waals surface area contributed by atoms with E-state index in [0.29, 0.717) is 30.4 Å². The van der Waals surface area contributed by atoms with Crippen LogP contribution < -0.4 is 60.2 Å². The van der Waals surface area contributed by atoms with E-state index in [2.05, 4.69) is 42.2 Å². The number of likely N-dealkylation sites (tertiary alicyclic amines) is 2. The van der Waals surface area contributed by atoms with Crippen LogP contribution in [-0.4, -0.2) is 189 Å². The van der Waals surface area contributed by atoms with Gasteiger partial charge in [0.25, 0.3) is 0 Å². The molecule has 2 heterocycles. The molecular formula is C55H80N14O15. The predicted octanol–water partition coefficient (Wildman–Crippen LogP) is -3.89. The molecule has 84 heavy (non-hydrogen) atoms. The van der Waals surface area contributed by atoms with E-state index in [0.717, 1.165) is 4.90 Å². The molecule has 2 aliphatic rings. The fourth-order valence-corrected chi connectivity index (χ4v) is 9.60. The highest BCUT2D eigenvalue weighted by atomic mass is 16.4. The van der Waals surface area contributed by atoms with Crippen molar-refractivity contribution in [1.82, 2.24) is 47.0 Å². The summed E-state index contributed by atoms with van der Waals surface area (Å²) in [5, 5.41) is 47.7. The van der Waals surface area contributed by atoms with Crippen molar-refractivity contribution < 1.29 is 72.9 Å². The summed E-state index contributed by atoms with van der Waals surface area (Å²) in [5.74, 6) is -12.2. The highest BCUT2D eigenvalue weighted by molar-refractivity contribution is 5.99. The van der Waals surface area contributed by atoms with Crippen molar-refractivity contribution in [2.45, 2.75) is 158 Å². The number of hydrogen-bond acceptors (Lipinski definition) is 15. The van der Waals surface area contributed by atoms with Crippen molar-refractivity contribution in [2.24, 2.45) is 33.8 Å². The lowest BCUT2D eigenvalue weighted by Crippen LogP contribution is -2.61. The van der Waals surface area contributed by atoms with Gasteiger partial charge in [0.05, 0.1) is 25.1 Å². The molecule has 0 unspecified atom stereocenters. The normalized spacial score (nSPS) is 17.9. The van der Waals surface area contributed by atoms with Gasteiger partial charge in [0.15, 0.2) is 5.96 Å². The minimum Gasteiger partial charge on any atom is -0.481 e. The zero-order valence-corrected chi connectivity index (χ0v) is 47.3. The molecule has 0 radical (unpaired) electrons. The number of aliphatic hydroxyl groups is 1. The molecule has 0 aliphatic carbocycles. The summed E-state index contributed by atoms with van der Waals surface area (Å²) in [5.41, 5.74) is 23.2. The molecule has 0 bridgehead atoms. The van der Waals surface area contributed by atoms with Crippen molar-refractivity contribution in [1.29, 1.82) is 0 Å². The first kappa shape index (κ1) is 67.8. The number of hydrogen-bond donors (Lipinski definition) is 14. The van der Waals surface area contributed by atoms with Gasteiger partial charge in [0, 0.05) is 38.9 Å². The van der Waals surface area contributed by atoms with E-state index in [9.17, 15) is 72.9 Å². The first-order chi connectivity index (χ1) is 39.8. The fraction of sp³-hybridized carbons (Fsp3) is 0.545. The summed E-state index contributed by atoms with van der Waals surface area (Å²) < 4.78 is 0. The van der Waals surface area contributed by atoms with Crippen molar-refractivity contribution in [2.75, 3.05) is 26.2 Å². The number of aliphatic carboxylic acids is 2. The van der Waals surface area contributed by atoms with Crippen molar-refractivity contribution >= 4 is 77.0 Å². The van der Waals surface area contributed by atoms with E-state index in [-0.39, 0.29) is 77.0 Å². The standard InChI is InChI=1S/C55H80N14O15/c1-4-30(2)44(54(83)84)66-52(81)45(31(3)70)67-51(80)40-20-13-25-69(40)53(82)38(27-33-16-9-6-10-17-33)65-49(78)37(28-43(73)74)64-50(79)39-19-12-24-68(39)42(72)29-61-47(76)36(26-32-14-7-5-8-15-32)63-48(77)35(21-22-41(57)71)62-46(75)34(56)18-11-23-60-55(58)59/h5-10,14-17,30-31,34-40,44-45,70H,4,11-13,18-29,56H2,1-3H3,(H2,57,71)(H,61,76)(H,62,75)(H,63,77)(H,64,79)(H,65,78)(H,66,81)(H,67,80)(H,73,74)(H,83,84)(H4,58,59,60)/t30-,31+,34-,35-,36-,37-,38-,39-,40-,44-,45-/m0/s1. The third-order valence-electron chi connectivity index (χ3n) is 14.4. The lowest BCUT2D eigenvalue weighted by atomic mass is 9.98. The number of aliphatic hydroxyl groups excluding tert-OH is 1. The minimum absolute atomic E-state index is 0.00153. The number of nitrogens with two attached hydrogens (primary N) is 4. The predicted molar refractivity (Wildman–Crippen MR) is 302 cm³/mol. The third-order valence-corrected chi connectivity index (χ3v) is 14.4. The molecule has 2 aromatic rings. The lowest BCUT2D eigenvalue weighted by Gasteiger charge is -2.31. The van der Waals surface area contributed by atoms with Gasteiger partial charge < -0.3 is 85.3 Å². The van der Waals surface area contributed by atoms with Crippen molar-refractivity contribution in [3.63, 3.8) is 0 Å². The number of aliphatic imine (C=N–C) groups is 1. The van der Waals surface area contributed by atoms with Gasteiger partial charge in [-0.25, -0.2) is 4.79 Å². The molecule has 2 aliphatic heterocycles. The number of carboxylic acids is 2. The second kappa shape index (κ2) is 33.4. The molecule has 460 valence electrons. The highest BCUT2D eigenvalue weighted by Gasteiger charge is 2.42. The molecule has 0 aromatic heterocycles. The lowest BCUT2D eigenvalue weighted by molar-refractivity contribution is -0.146. The van der Waals surface area contributed by atoms with Gasteiger partial charge in [-0.15, -0.1) is 0 Å². The van der Waals surface area contributed by atoms with Crippen LogP contribution in [0.2, 0.25) is 0 Å². The van der Waals surface area contributed by atoms with Crippen molar-refractivity contribution in [3.8, 4) is 0 Å². The Labute approximate surface area is 485 Å². The number of nitrogens with one attached hydrogen (secondary N) is 7. The molecule has 29 nitrogen and oxygen atoms in total. The molecule has 2 aromatic carbocycles. The van der Waals surface area contributed by atoms with Gasteiger partial charge >= 0.3 is 11.9 Å². The number of amides is 10. The van der Waals surface area contributed by atoms with Crippen LogP contribution >= 0.6 is 0 Å². The summed E-state index contributed by atoms with van der Waals surface area (Å²) in [6.45, 7) is 4.05. The van der Waals surface area contributed by atoms with Crippen LogP contribution in [0.3, 0.4) is 0 Å². The van der Waals surface area contributed by atoms with E-state index in [1.807, 2.05) is 0 Å². The number of carboxylic acid groups (broad SMARTS) is 2. The molecule has 0 saturated carbocycles. The topological polar surface area (TPSA) is 473 Å². The Hall–Kier alpha value is -8.73. The Bertz CT molecular complexity index is 2680. The maximum absolute atomic E-state index is 14.6. The summed E-state index contributed by atoms with van der Waals surface area (Å²) in [6, 6.07) is 4.21. The van der Waals surface area contributed by atoms with Gasteiger partial charge in [-0.05, 0) is 68.9 Å². The van der Waals surface area contributed by atoms with Gasteiger partial charge in [0.2, 0.25) is 59.1 Å². The molecule has 10 amide bonds. The monoisotopic (exact) mass is 1180 g/mol. The summed E-state index contributed by atoms with van der Waals surface area (Å²) in [6.07, 6.45) is -1.81. The minimum atomic E-state index is -1.82. The van der Waals surface area contributed by atoms with Crippen LogP contribution in [0.15, 0.2) is 65.7 Å². The molecule has 0 spiro atoms. The average Bonchev–Trinajstić information content (AvgIpc) is 4.37. The Morgan fingerprint density at radius 3 is 1.71 bits per heavy atom. The Morgan fingerprint density at radius 1 is 0.631 bits per heavy atom. The maximum atomic E-state index is 14.6. The number of carbonyl (C=O) groups excluding carboxylic acids is 10. The van der Waals surface area contributed by atoms with Gasteiger partial charge in [-0.2, -0.15) is 0 Å². The Morgan fingerprint density at radius 2 is 1.17 bits per heavy atom. The number of benzene rings is 2. The second-order valence-electron chi connectivity index (χ2n) is 20.9. The van der Waals surface area contributed by atoms with Crippen LogP contribution in [0, 0.1) is 5.92 Å². The summed E-state index contributed by atoms with van der Waals surface area (Å²) >= 11 is 0. The fourth-order valence-electron chi connectivity index (χ4n) is 9.60. The molecular weight excluding hydrogens is 1100 g/mol. The van der Waals surface area contributed by atoms with Crippen LogP contribution in [0.5, 0.6) is 0 Å². The van der Waals surface area contributed by atoms with E-state index in [1.54, 1.807) is 74.5 Å². The van der Waals surface area contributed by atoms with Crippen LogP contribution in [0.4, 0.5) is 0 Å². The number of carbonyl (C=O) groups is 12. The van der Waals surface area contributed by atoms with Gasteiger partial charge in [0.1, 0.15) is 48.3 Å². The number of nitrogens with zero attached hydrogens (tertiary/aromatic N) is 3. The maximum Gasteiger partial charge on any atom is 0.326 e. The van der Waals surface area contributed by atoms with E-state index in [1.165, 1.54) is 11.8 Å². The van der Waals surface area contributed by atoms with Crippen molar-refractivity contribution in [3.05, 3.63) is 71.8 Å². The zero-order chi connectivity index (χ0) is 62.2. The molecule has 2 fully saturated rings. The Kier molecular flexibility index (Phi) is 26.9. The smallest absolute Gasteiger partial charge is 0.326 e. The summed E-state index contributed by atoms with van der Waals surface area (Å²) in [4.78, 5) is 167. The number of rotatable bonds is 33.